The highest BCUT2D eigenvalue weighted by atomic mass is 16.5. The maximum Gasteiger partial charge on any atom is 0.0661 e. The molecule has 19 heavy (non-hydrogen) atoms. The molecule has 3 aliphatic rings. The molecule has 0 radical (unpaired) electrons. The van der Waals surface area contributed by atoms with Crippen molar-refractivity contribution >= 4 is 0 Å². The van der Waals surface area contributed by atoms with Crippen molar-refractivity contribution in [2.75, 3.05) is 7.11 Å². The summed E-state index contributed by atoms with van der Waals surface area (Å²) in [5, 5.41) is 0. The van der Waals surface area contributed by atoms with Crippen molar-refractivity contribution in [3.8, 4) is 0 Å². The maximum absolute atomic E-state index is 5.78. The van der Waals surface area contributed by atoms with Crippen LogP contribution >= 0.6 is 0 Å². The van der Waals surface area contributed by atoms with Crippen molar-refractivity contribution in [2.24, 2.45) is 11.8 Å². The van der Waals surface area contributed by atoms with Gasteiger partial charge in [-0.15, -0.1) is 0 Å². The Balaban J connectivity index is 0.000000284. The van der Waals surface area contributed by atoms with E-state index in [0.717, 1.165) is 5.92 Å². The first kappa shape index (κ1) is 15.1. The van der Waals surface area contributed by atoms with Crippen LogP contribution in [0.2, 0.25) is 0 Å². The van der Waals surface area contributed by atoms with Gasteiger partial charge in [-0.2, -0.15) is 0 Å². The van der Waals surface area contributed by atoms with E-state index in [4.69, 9.17) is 4.74 Å². The first-order chi connectivity index (χ1) is 9.42. The van der Waals surface area contributed by atoms with E-state index in [0.29, 0.717) is 12.0 Å². The zero-order valence-electron chi connectivity index (χ0n) is 12.8. The van der Waals surface area contributed by atoms with E-state index in [9.17, 15) is 0 Å². The summed E-state index contributed by atoms with van der Waals surface area (Å²) in [6.45, 7) is 0. The van der Waals surface area contributed by atoms with E-state index in [1.54, 1.807) is 0 Å². The first-order valence-electron chi connectivity index (χ1n) is 8.61. The minimum Gasteiger partial charge on any atom is -0.381 e. The average Bonchev–Trinajstić information content (AvgIpc) is 2.40. The van der Waals surface area contributed by atoms with Crippen molar-refractivity contribution < 1.29 is 4.74 Å². The van der Waals surface area contributed by atoms with Gasteiger partial charge in [-0.1, -0.05) is 57.1 Å². The van der Waals surface area contributed by atoms with Gasteiger partial charge in [0.15, 0.2) is 0 Å². The molecule has 1 nitrogen and oxygen atoms in total. The van der Waals surface area contributed by atoms with Gasteiger partial charge >= 0.3 is 0 Å². The third-order valence-electron chi connectivity index (χ3n) is 5.10. The molecule has 0 spiro atoms. The van der Waals surface area contributed by atoms with E-state index < -0.39 is 0 Å². The van der Waals surface area contributed by atoms with E-state index in [-0.39, 0.29) is 0 Å². The van der Waals surface area contributed by atoms with Crippen LogP contribution < -0.4 is 0 Å². The van der Waals surface area contributed by atoms with Gasteiger partial charge in [-0.25, -0.2) is 0 Å². The maximum atomic E-state index is 5.78. The Bertz CT molecular complexity index is 244. The minimum absolute atomic E-state index is 0.502. The summed E-state index contributed by atoms with van der Waals surface area (Å²) < 4.78 is 5.78. The Labute approximate surface area is 119 Å². The SMILES string of the molecule is C1CCC1.COC(C1C=CCCC1)C1CCCCC1. The van der Waals surface area contributed by atoms with Crippen LogP contribution in [0.15, 0.2) is 12.2 Å². The Morgan fingerprint density at radius 3 is 1.95 bits per heavy atom. The molecule has 3 aliphatic carbocycles. The second-order valence-corrected chi connectivity index (χ2v) is 6.54. The lowest BCUT2D eigenvalue weighted by Gasteiger charge is -2.34. The second kappa shape index (κ2) is 8.79. The molecule has 0 aromatic carbocycles. The fraction of sp³-hybridized carbons (Fsp3) is 0.889. The summed E-state index contributed by atoms with van der Waals surface area (Å²) in [5.41, 5.74) is 0. The zero-order chi connectivity index (χ0) is 13.3. The summed E-state index contributed by atoms with van der Waals surface area (Å²) in [5.74, 6) is 1.53. The Morgan fingerprint density at radius 1 is 0.842 bits per heavy atom. The summed E-state index contributed by atoms with van der Waals surface area (Å²) in [6, 6.07) is 0. The lowest BCUT2D eigenvalue weighted by Crippen LogP contribution is -2.32. The van der Waals surface area contributed by atoms with E-state index in [1.807, 2.05) is 7.11 Å². The molecular formula is C18H32O. The molecule has 2 fully saturated rings. The predicted molar refractivity (Wildman–Crippen MR) is 82.3 cm³/mol. The highest BCUT2D eigenvalue weighted by Gasteiger charge is 2.29. The van der Waals surface area contributed by atoms with Crippen molar-refractivity contribution in [3.05, 3.63) is 12.2 Å². The van der Waals surface area contributed by atoms with Gasteiger partial charge in [0, 0.05) is 13.0 Å². The van der Waals surface area contributed by atoms with E-state index >= 15 is 0 Å². The molecule has 2 saturated carbocycles. The smallest absolute Gasteiger partial charge is 0.0661 e. The van der Waals surface area contributed by atoms with Crippen LogP contribution in [0.3, 0.4) is 0 Å². The van der Waals surface area contributed by atoms with Crippen molar-refractivity contribution in [3.63, 3.8) is 0 Å². The highest BCUT2D eigenvalue weighted by Crippen LogP contribution is 2.34. The lowest BCUT2D eigenvalue weighted by atomic mass is 9.77. The van der Waals surface area contributed by atoms with Crippen molar-refractivity contribution in [1.82, 2.24) is 0 Å². The Hall–Kier alpha value is -0.300. The topological polar surface area (TPSA) is 9.23 Å². The standard InChI is InChI=1S/C14H24O.C4H8/c1-15-14(12-8-4-2-5-9-12)13-10-6-3-7-11-13;1-2-4-3-1/h4,8,12-14H,2-3,5-7,9-11H2,1H3;1-4H2. The second-order valence-electron chi connectivity index (χ2n) is 6.54. The molecule has 1 heteroatoms. The molecule has 0 heterocycles. The van der Waals surface area contributed by atoms with Crippen LogP contribution in [0.25, 0.3) is 0 Å². The summed E-state index contributed by atoms with van der Waals surface area (Å²) in [7, 11) is 1.90. The van der Waals surface area contributed by atoms with Crippen LogP contribution in [0.1, 0.15) is 77.0 Å². The normalized spacial score (nSPS) is 29.0. The van der Waals surface area contributed by atoms with Crippen LogP contribution in [-0.2, 0) is 4.74 Å². The fourth-order valence-electron chi connectivity index (χ4n) is 3.54. The Kier molecular flexibility index (Phi) is 6.98. The highest BCUT2D eigenvalue weighted by molar-refractivity contribution is 4.98. The van der Waals surface area contributed by atoms with Crippen LogP contribution in [-0.4, -0.2) is 13.2 Å². The van der Waals surface area contributed by atoms with Crippen LogP contribution in [0.5, 0.6) is 0 Å². The molecule has 0 aliphatic heterocycles. The largest absolute Gasteiger partial charge is 0.381 e. The van der Waals surface area contributed by atoms with Crippen molar-refractivity contribution in [2.45, 2.75) is 83.2 Å². The zero-order valence-corrected chi connectivity index (χ0v) is 12.8. The third kappa shape index (κ3) is 4.95. The Morgan fingerprint density at radius 2 is 1.47 bits per heavy atom. The molecule has 110 valence electrons. The van der Waals surface area contributed by atoms with E-state index in [2.05, 4.69) is 12.2 Å². The number of hydrogen-bond donors (Lipinski definition) is 0. The van der Waals surface area contributed by atoms with Crippen LogP contribution in [0, 0.1) is 11.8 Å². The molecule has 0 bridgehead atoms. The fourth-order valence-corrected chi connectivity index (χ4v) is 3.54. The van der Waals surface area contributed by atoms with Gasteiger partial charge in [0.05, 0.1) is 6.10 Å². The van der Waals surface area contributed by atoms with Gasteiger partial charge in [0.25, 0.3) is 0 Å². The molecule has 0 aromatic rings. The molecule has 3 rings (SSSR count). The molecular weight excluding hydrogens is 232 g/mol. The monoisotopic (exact) mass is 264 g/mol. The van der Waals surface area contributed by atoms with E-state index in [1.165, 1.54) is 77.0 Å². The quantitative estimate of drug-likeness (QED) is 0.612. The van der Waals surface area contributed by atoms with Gasteiger partial charge in [-0.05, 0) is 38.0 Å². The summed E-state index contributed by atoms with van der Waals surface area (Å²) in [6.07, 6.45) is 22.3. The molecule has 0 saturated heterocycles. The van der Waals surface area contributed by atoms with Crippen molar-refractivity contribution in [1.29, 1.82) is 0 Å². The molecule has 2 atom stereocenters. The average molecular weight is 264 g/mol. The summed E-state index contributed by atoms with van der Waals surface area (Å²) in [4.78, 5) is 0. The number of hydrogen-bond acceptors (Lipinski definition) is 1. The predicted octanol–water partition coefficient (Wildman–Crippen LogP) is 5.50. The summed E-state index contributed by atoms with van der Waals surface area (Å²) >= 11 is 0. The minimum atomic E-state index is 0.502. The number of allylic oxidation sites excluding steroid dienone is 1. The number of ether oxygens (including phenoxy) is 1. The number of methoxy groups -OCH3 is 1. The molecule has 0 amide bonds. The van der Waals surface area contributed by atoms with Crippen LogP contribution in [0.4, 0.5) is 0 Å². The number of rotatable bonds is 3. The third-order valence-corrected chi connectivity index (χ3v) is 5.10. The molecule has 2 unspecified atom stereocenters. The van der Waals surface area contributed by atoms with Gasteiger partial charge in [-0.3, -0.25) is 0 Å². The lowest BCUT2D eigenvalue weighted by molar-refractivity contribution is 0.00320. The van der Waals surface area contributed by atoms with Gasteiger partial charge in [0.2, 0.25) is 0 Å². The van der Waals surface area contributed by atoms with Gasteiger partial charge in [0.1, 0.15) is 0 Å². The first-order valence-corrected chi connectivity index (χ1v) is 8.61. The molecule has 0 N–H and O–H groups in total. The molecule has 0 aromatic heterocycles. The van der Waals surface area contributed by atoms with Gasteiger partial charge < -0.3 is 4.74 Å².